The number of quaternary nitrogens is 1. The Balaban J connectivity index is 1.69. The number of benzene rings is 2. The fourth-order valence-corrected chi connectivity index (χ4v) is 3.64. The zero-order valence-electron chi connectivity index (χ0n) is 16.4. The third-order valence-electron chi connectivity index (χ3n) is 5.16. The first-order valence-electron chi connectivity index (χ1n) is 9.34. The summed E-state index contributed by atoms with van der Waals surface area (Å²) in [5, 5.41) is 0. The summed E-state index contributed by atoms with van der Waals surface area (Å²) < 4.78 is 50.3. The second kappa shape index (κ2) is 8.73. The van der Waals surface area contributed by atoms with Gasteiger partial charge in [-0.05, 0) is 18.2 Å². The molecule has 3 rings (SSSR count). The van der Waals surface area contributed by atoms with Crippen LogP contribution in [0.1, 0.15) is 21.5 Å². The summed E-state index contributed by atoms with van der Waals surface area (Å²) in [5.41, 5.74) is 0.0503. The van der Waals surface area contributed by atoms with Crippen LogP contribution in [0.4, 0.5) is 13.2 Å². The maximum Gasteiger partial charge on any atom is 0.416 e. The molecular formula is C21H24F3N2O3+. The van der Waals surface area contributed by atoms with Gasteiger partial charge in [-0.15, -0.1) is 0 Å². The van der Waals surface area contributed by atoms with Crippen LogP contribution in [0.5, 0.6) is 11.5 Å². The predicted octanol–water partition coefficient (Wildman–Crippen LogP) is 2.26. The van der Waals surface area contributed by atoms with Crippen LogP contribution < -0.4 is 14.4 Å². The van der Waals surface area contributed by atoms with Gasteiger partial charge in [0.2, 0.25) is 0 Å². The van der Waals surface area contributed by atoms with E-state index in [1.807, 2.05) is 0 Å². The molecule has 0 spiro atoms. The molecule has 1 saturated heterocycles. The molecule has 0 aliphatic carbocycles. The van der Waals surface area contributed by atoms with E-state index in [1.54, 1.807) is 29.2 Å². The van der Waals surface area contributed by atoms with Crippen molar-refractivity contribution in [1.82, 2.24) is 4.90 Å². The summed E-state index contributed by atoms with van der Waals surface area (Å²) in [4.78, 5) is 15.7. The predicted molar refractivity (Wildman–Crippen MR) is 101 cm³/mol. The topological polar surface area (TPSA) is 43.2 Å². The summed E-state index contributed by atoms with van der Waals surface area (Å²) in [5.74, 6) is 0.667. The lowest BCUT2D eigenvalue weighted by Crippen LogP contribution is -3.13. The minimum absolute atomic E-state index is 0.200. The van der Waals surface area contributed by atoms with Crippen LogP contribution in [0.3, 0.4) is 0 Å². The Hall–Kier alpha value is -2.74. The van der Waals surface area contributed by atoms with Crippen LogP contribution >= 0.6 is 0 Å². The Morgan fingerprint density at radius 2 is 1.59 bits per heavy atom. The SMILES string of the molecule is COc1cccc(OC)c1C(=O)N1CC[NH+](Cc2ccccc2C(F)(F)F)CC1. The summed E-state index contributed by atoms with van der Waals surface area (Å²) in [6, 6.07) is 10.8. The van der Waals surface area contributed by atoms with Crippen molar-refractivity contribution in [2.75, 3.05) is 40.4 Å². The van der Waals surface area contributed by atoms with Crippen molar-refractivity contribution >= 4 is 5.91 Å². The zero-order chi connectivity index (χ0) is 21.0. The number of nitrogens with one attached hydrogen (secondary N) is 1. The van der Waals surface area contributed by atoms with E-state index in [0.717, 1.165) is 11.0 Å². The van der Waals surface area contributed by atoms with Crippen molar-refractivity contribution in [3.63, 3.8) is 0 Å². The third kappa shape index (κ3) is 4.64. The fraction of sp³-hybridized carbons (Fsp3) is 0.381. The highest BCUT2D eigenvalue weighted by molar-refractivity contribution is 5.99. The number of carbonyl (C=O) groups excluding carboxylic acids is 1. The number of hydrogen-bond donors (Lipinski definition) is 1. The molecular weight excluding hydrogens is 385 g/mol. The molecule has 1 amide bonds. The highest BCUT2D eigenvalue weighted by Crippen LogP contribution is 2.32. The van der Waals surface area contributed by atoms with Crippen LogP contribution in [0.2, 0.25) is 0 Å². The molecule has 0 atom stereocenters. The summed E-state index contributed by atoms with van der Waals surface area (Å²) >= 11 is 0. The fourth-order valence-electron chi connectivity index (χ4n) is 3.64. The molecule has 0 radical (unpaired) electrons. The number of rotatable bonds is 5. The van der Waals surface area contributed by atoms with Gasteiger partial charge in [0, 0.05) is 5.56 Å². The normalized spacial score (nSPS) is 15.3. The highest BCUT2D eigenvalue weighted by atomic mass is 19.4. The maximum absolute atomic E-state index is 13.2. The molecule has 1 heterocycles. The number of methoxy groups -OCH3 is 2. The minimum Gasteiger partial charge on any atom is -0.496 e. The third-order valence-corrected chi connectivity index (χ3v) is 5.16. The van der Waals surface area contributed by atoms with Crippen LogP contribution in [-0.2, 0) is 12.7 Å². The van der Waals surface area contributed by atoms with E-state index in [2.05, 4.69) is 0 Å². The Bertz CT molecular complexity index is 840. The first-order chi connectivity index (χ1) is 13.8. The lowest BCUT2D eigenvalue weighted by Gasteiger charge is -2.33. The lowest BCUT2D eigenvalue weighted by atomic mass is 10.1. The number of amides is 1. The van der Waals surface area contributed by atoms with E-state index in [4.69, 9.17) is 9.47 Å². The smallest absolute Gasteiger partial charge is 0.416 e. The molecule has 0 bridgehead atoms. The number of hydrogen-bond acceptors (Lipinski definition) is 3. The average molecular weight is 409 g/mol. The highest BCUT2D eigenvalue weighted by Gasteiger charge is 2.35. The van der Waals surface area contributed by atoms with Gasteiger partial charge >= 0.3 is 6.18 Å². The molecule has 5 nitrogen and oxygen atoms in total. The molecule has 8 heteroatoms. The van der Waals surface area contributed by atoms with E-state index in [-0.39, 0.29) is 18.0 Å². The van der Waals surface area contributed by atoms with Gasteiger partial charge in [-0.1, -0.05) is 24.3 Å². The first kappa shape index (κ1) is 21.0. The van der Waals surface area contributed by atoms with Crippen molar-refractivity contribution in [2.45, 2.75) is 12.7 Å². The molecule has 29 heavy (non-hydrogen) atoms. The van der Waals surface area contributed by atoms with E-state index in [1.165, 1.54) is 26.4 Å². The maximum atomic E-state index is 13.2. The van der Waals surface area contributed by atoms with Gasteiger partial charge in [-0.3, -0.25) is 4.79 Å². The van der Waals surface area contributed by atoms with Crippen LogP contribution in [-0.4, -0.2) is 51.2 Å². The lowest BCUT2D eigenvalue weighted by molar-refractivity contribution is -0.917. The van der Waals surface area contributed by atoms with Gasteiger partial charge < -0.3 is 19.3 Å². The molecule has 0 saturated carbocycles. The van der Waals surface area contributed by atoms with Crippen molar-refractivity contribution < 1.29 is 32.3 Å². The number of piperazine rings is 1. The molecule has 0 aromatic heterocycles. The summed E-state index contributed by atoms with van der Waals surface area (Å²) in [6.07, 6.45) is -4.37. The van der Waals surface area contributed by atoms with Crippen molar-refractivity contribution in [2.24, 2.45) is 0 Å². The molecule has 1 aliphatic rings. The largest absolute Gasteiger partial charge is 0.496 e. The van der Waals surface area contributed by atoms with Gasteiger partial charge in [0.25, 0.3) is 5.91 Å². The van der Waals surface area contributed by atoms with Gasteiger partial charge in [-0.2, -0.15) is 13.2 Å². The zero-order valence-corrected chi connectivity index (χ0v) is 16.4. The summed E-state index contributed by atoms with van der Waals surface area (Å²) in [6.45, 7) is 2.30. The Morgan fingerprint density at radius 3 is 2.14 bits per heavy atom. The Kier molecular flexibility index (Phi) is 6.32. The van der Waals surface area contributed by atoms with E-state index < -0.39 is 11.7 Å². The van der Waals surface area contributed by atoms with Crippen LogP contribution in [0.15, 0.2) is 42.5 Å². The van der Waals surface area contributed by atoms with Gasteiger partial charge in [0.1, 0.15) is 23.6 Å². The number of halogens is 3. The van der Waals surface area contributed by atoms with Gasteiger partial charge in [-0.25, -0.2) is 0 Å². The first-order valence-corrected chi connectivity index (χ1v) is 9.34. The van der Waals surface area contributed by atoms with E-state index in [0.29, 0.717) is 43.2 Å². The Morgan fingerprint density at radius 1 is 1.00 bits per heavy atom. The molecule has 2 aromatic rings. The second-order valence-electron chi connectivity index (χ2n) is 6.91. The number of nitrogens with zero attached hydrogens (tertiary/aromatic N) is 1. The quantitative estimate of drug-likeness (QED) is 0.824. The van der Waals surface area contributed by atoms with Crippen molar-refractivity contribution in [3.05, 3.63) is 59.2 Å². The molecule has 2 aromatic carbocycles. The number of alkyl halides is 3. The molecule has 1 aliphatic heterocycles. The van der Waals surface area contributed by atoms with Crippen LogP contribution in [0.25, 0.3) is 0 Å². The minimum atomic E-state index is -4.37. The van der Waals surface area contributed by atoms with Crippen molar-refractivity contribution in [1.29, 1.82) is 0 Å². The second-order valence-corrected chi connectivity index (χ2v) is 6.91. The monoisotopic (exact) mass is 409 g/mol. The standard InChI is InChI=1S/C21H23F3N2O3/c1-28-17-8-5-9-18(29-2)19(17)20(27)26-12-10-25(11-13-26)14-15-6-3-4-7-16(15)21(22,23)24/h3-9H,10-14H2,1-2H3/p+1. The van der Waals surface area contributed by atoms with Crippen molar-refractivity contribution in [3.8, 4) is 11.5 Å². The number of carbonyl (C=O) groups is 1. The molecule has 156 valence electrons. The number of ether oxygens (including phenoxy) is 2. The van der Waals surface area contributed by atoms with E-state index >= 15 is 0 Å². The Labute approximate surface area is 167 Å². The van der Waals surface area contributed by atoms with E-state index in [9.17, 15) is 18.0 Å². The molecule has 1 fully saturated rings. The van der Waals surface area contributed by atoms with Gasteiger partial charge in [0.15, 0.2) is 0 Å². The van der Waals surface area contributed by atoms with Gasteiger partial charge in [0.05, 0.1) is 46.0 Å². The average Bonchev–Trinajstić information content (AvgIpc) is 2.72. The summed E-state index contributed by atoms with van der Waals surface area (Å²) in [7, 11) is 2.98. The molecule has 0 unspecified atom stereocenters. The molecule has 1 N–H and O–H groups in total. The van der Waals surface area contributed by atoms with Crippen LogP contribution in [0, 0.1) is 0 Å².